The van der Waals surface area contributed by atoms with Crippen molar-refractivity contribution in [1.82, 2.24) is 4.31 Å². The summed E-state index contributed by atoms with van der Waals surface area (Å²) in [7, 11) is -3.19. The van der Waals surface area contributed by atoms with Gasteiger partial charge in [0.1, 0.15) is 0 Å². The summed E-state index contributed by atoms with van der Waals surface area (Å²) in [6.07, 6.45) is 3.48. The molecule has 114 valence electrons. The number of halogens is 1. The fourth-order valence-electron chi connectivity index (χ4n) is 2.58. The SMILES string of the molecule is Cl.NCC1CCCCN1S(=O)(=O)CCc1ccccc1. The Bertz CT molecular complexity index is 493. The third kappa shape index (κ3) is 4.45. The monoisotopic (exact) mass is 318 g/mol. The molecule has 0 aromatic heterocycles. The van der Waals surface area contributed by atoms with E-state index in [1.165, 1.54) is 0 Å². The third-order valence-electron chi connectivity index (χ3n) is 3.69. The molecule has 6 heteroatoms. The average molecular weight is 319 g/mol. The van der Waals surface area contributed by atoms with Crippen LogP contribution < -0.4 is 5.73 Å². The number of sulfonamides is 1. The lowest BCUT2D eigenvalue weighted by Crippen LogP contribution is -2.48. The fraction of sp³-hybridized carbons (Fsp3) is 0.571. The van der Waals surface area contributed by atoms with Gasteiger partial charge in [0.05, 0.1) is 5.75 Å². The quantitative estimate of drug-likeness (QED) is 0.900. The maximum atomic E-state index is 12.4. The summed E-state index contributed by atoms with van der Waals surface area (Å²) >= 11 is 0. The molecular weight excluding hydrogens is 296 g/mol. The number of benzene rings is 1. The van der Waals surface area contributed by atoms with Gasteiger partial charge in [0.15, 0.2) is 0 Å². The molecule has 0 saturated carbocycles. The van der Waals surface area contributed by atoms with Gasteiger partial charge in [0.25, 0.3) is 0 Å². The smallest absolute Gasteiger partial charge is 0.214 e. The molecular formula is C14H23ClN2O2S. The van der Waals surface area contributed by atoms with E-state index < -0.39 is 10.0 Å². The number of hydrogen-bond donors (Lipinski definition) is 1. The van der Waals surface area contributed by atoms with Crippen molar-refractivity contribution >= 4 is 22.4 Å². The first kappa shape index (κ1) is 17.4. The Morgan fingerprint density at radius 2 is 1.90 bits per heavy atom. The first-order valence-corrected chi connectivity index (χ1v) is 8.48. The number of nitrogens with zero attached hydrogens (tertiary/aromatic N) is 1. The van der Waals surface area contributed by atoms with Gasteiger partial charge in [-0.25, -0.2) is 8.42 Å². The molecule has 0 aliphatic carbocycles. The first-order chi connectivity index (χ1) is 9.13. The lowest BCUT2D eigenvalue weighted by molar-refractivity contribution is 0.257. The van der Waals surface area contributed by atoms with E-state index in [-0.39, 0.29) is 24.2 Å². The van der Waals surface area contributed by atoms with Crippen molar-refractivity contribution in [1.29, 1.82) is 0 Å². The molecule has 0 bridgehead atoms. The number of hydrogen-bond acceptors (Lipinski definition) is 3. The topological polar surface area (TPSA) is 63.4 Å². The maximum absolute atomic E-state index is 12.4. The van der Waals surface area contributed by atoms with E-state index in [0.717, 1.165) is 24.8 Å². The van der Waals surface area contributed by atoms with Crippen LogP contribution in [0, 0.1) is 0 Å². The van der Waals surface area contributed by atoms with Crippen molar-refractivity contribution in [2.45, 2.75) is 31.7 Å². The molecule has 1 atom stereocenters. The Morgan fingerprint density at radius 1 is 1.20 bits per heavy atom. The second-order valence-electron chi connectivity index (χ2n) is 5.05. The summed E-state index contributed by atoms with van der Waals surface area (Å²) < 4.78 is 26.4. The van der Waals surface area contributed by atoms with Crippen molar-refractivity contribution in [2.24, 2.45) is 5.73 Å². The highest BCUT2D eigenvalue weighted by Gasteiger charge is 2.30. The third-order valence-corrected chi connectivity index (χ3v) is 5.61. The summed E-state index contributed by atoms with van der Waals surface area (Å²) in [5, 5.41) is 0. The van der Waals surface area contributed by atoms with E-state index in [1.54, 1.807) is 4.31 Å². The van der Waals surface area contributed by atoms with E-state index in [2.05, 4.69) is 0 Å². The minimum Gasteiger partial charge on any atom is -0.329 e. The summed E-state index contributed by atoms with van der Waals surface area (Å²) in [6.45, 7) is 1.05. The van der Waals surface area contributed by atoms with Crippen molar-refractivity contribution in [3.63, 3.8) is 0 Å². The molecule has 0 spiro atoms. The Morgan fingerprint density at radius 3 is 2.55 bits per heavy atom. The molecule has 1 aliphatic heterocycles. The second-order valence-corrected chi connectivity index (χ2v) is 7.09. The molecule has 0 amide bonds. The van der Waals surface area contributed by atoms with Gasteiger partial charge in [-0.2, -0.15) is 4.31 Å². The van der Waals surface area contributed by atoms with Gasteiger partial charge in [-0.3, -0.25) is 0 Å². The van der Waals surface area contributed by atoms with E-state index in [1.807, 2.05) is 30.3 Å². The van der Waals surface area contributed by atoms with Gasteiger partial charge in [0, 0.05) is 19.1 Å². The van der Waals surface area contributed by atoms with Gasteiger partial charge in [-0.1, -0.05) is 36.8 Å². The summed E-state index contributed by atoms with van der Waals surface area (Å²) in [5.41, 5.74) is 6.75. The van der Waals surface area contributed by atoms with Crippen LogP contribution in [0.1, 0.15) is 24.8 Å². The van der Waals surface area contributed by atoms with Gasteiger partial charge in [-0.15, -0.1) is 12.4 Å². The second kappa shape index (κ2) is 7.98. The van der Waals surface area contributed by atoms with Crippen LogP contribution in [0.5, 0.6) is 0 Å². The molecule has 0 radical (unpaired) electrons. The van der Waals surface area contributed by atoms with Crippen LogP contribution in [-0.4, -0.2) is 37.6 Å². The van der Waals surface area contributed by atoms with Gasteiger partial charge in [-0.05, 0) is 24.8 Å². The average Bonchev–Trinajstić information content (AvgIpc) is 2.46. The molecule has 1 unspecified atom stereocenters. The van der Waals surface area contributed by atoms with Gasteiger partial charge >= 0.3 is 0 Å². The van der Waals surface area contributed by atoms with E-state index in [4.69, 9.17) is 5.73 Å². The fourth-order valence-corrected chi connectivity index (χ4v) is 4.37. The number of nitrogens with two attached hydrogens (primary N) is 1. The molecule has 1 aromatic rings. The Hall–Kier alpha value is -0.620. The zero-order chi connectivity index (χ0) is 13.7. The minimum atomic E-state index is -3.19. The largest absolute Gasteiger partial charge is 0.329 e. The van der Waals surface area contributed by atoms with E-state index in [9.17, 15) is 8.42 Å². The van der Waals surface area contributed by atoms with Crippen molar-refractivity contribution in [3.05, 3.63) is 35.9 Å². The molecule has 1 aliphatic rings. The predicted octanol–water partition coefficient (Wildman–Crippen LogP) is 1.79. The summed E-state index contributed by atoms with van der Waals surface area (Å²) in [4.78, 5) is 0. The highest BCUT2D eigenvalue weighted by Crippen LogP contribution is 2.20. The zero-order valence-corrected chi connectivity index (χ0v) is 13.2. The highest BCUT2D eigenvalue weighted by atomic mass is 35.5. The van der Waals surface area contributed by atoms with Gasteiger partial charge in [0.2, 0.25) is 10.0 Å². The van der Waals surface area contributed by atoms with Crippen LogP contribution in [0.3, 0.4) is 0 Å². The van der Waals surface area contributed by atoms with Crippen LogP contribution in [-0.2, 0) is 16.4 Å². The van der Waals surface area contributed by atoms with Crippen LogP contribution >= 0.6 is 12.4 Å². The molecule has 4 nitrogen and oxygen atoms in total. The maximum Gasteiger partial charge on any atom is 0.214 e. The zero-order valence-electron chi connectivity index (χ0n) is 11.6. The van der Waals surface area contributed by atoms with Crippen LogP contribution in [0.4, 0.5) is 0 Å². The molecule has 20 heavy (non-hydrogen) atoms. The first-order valence-electron chi connectivity index (χ1n) is 6.87. The van der Waals surface area contributed by atoms with Crippen LogP contribution in [0.25, 0.3) is 0 Å². The van der Waals surface area contributed by atoms with E-state index in [0.29, 0.717) is 19.5 Å². The molecule has 2 rings (SSSR count). The molecule has 1 heterocycles. The number of aryl methyl sites for hydroxylation is 1. The van der Waals surface area contributed by atoms with Crippen molar-refractivity contribution < 1.29 is 8.42 Å². The van der Waals surface area contributed by atoms with Crippen LogP contribution in [0.15, 0.2) is 30.3 Å². The lowest BCUT2D eigenvalue weighted by Gasteiger charge is -2.33. The standard InChI is InChI=1S/C14H22N2O2S.ClH/c15-12-14-8-4-5-10-16(14)19(17,18)11-9-13-6-2-1-3-7-13;/h1-3,6-7,14H,4-5,8-12,15H2;1H. The van der Waals surface area contributed by atoms with Gasteiger partial charge < -0.3 is 5.73 Å². The Balaban J connectivity index is 0.00000200. The minimum absolute atomic E-state index is 0. The summed E-state index contributed by atoms with van der Waals surface area (Å²) in [6, 6.07) is 9.73. The number of piperidine rings is 1. The summed E-state index contributed by atoms with van der Waals surface area (Å²) in [5.74, 6) is 0.174. The molecule has 1 fully saturated rings. The van der Waals surface area contributed by atoms with E-state index >= 15 is 0 Å². The highest BCUT2D eigenvalue weighted by molar-refractivity contribution is 7.89. The Labute approximate surface area is 127 Å². The van der Waals surface area contributed by atoms with Crippen molar-refractivity contribution in [2.75, 3.05) is 18.8 Å². The number of rotatable bonds is 5. The molecule has 1 aromatic carbocycles. The Kier molecular flexibility index (Phi) is 6.95. The molecule has 2 N–H and O–H groups in total. The normalized spacial score (nSPS) is 20.4. The predicted molar refractivity (Wildman–Crippen MR) is 84.6 cm³/mol. The lowest BCUT2D eigenvalue weighted by atomic mass is 10.1. The van der Waals surface area contributed by atoms with Crippen molar-refractivity contribution in [3.8, 4) is 0 Å². The van der Waals surface area contributed by atoms with Crippen LogP contribution in [0.2, 0.25) is 0 Å². The molecule has 1 saturated heterocycles.